The number of rotatable bonds is 1. The zero-order valence-corrected chi connectivity index (χ0v) is 15.1. The molecule has 3 rings (SSSR count). The van der Waals surface area contributed by atoms with Crippen LogP contribution in [0.2, 0.25) is 0 Å². The number of hydrogen-bond donors (Lipinski definition) is 2. The summed E-state index contributed by atoms with van der Waals surface area (Å²) in [5, 5.41) is 0. The molecule has 8 heteroatoms. The van der Waals surface area contributed by atoms with Crippen LogP contribution in [0.15, 0.2) is 41.3 Å². The minimum Gasteiger partial charge on any atom is -0.494 e. The summed E-state index contributed by atoms with van der Waals surface area (Å²) < 4.78 is 32.7. The van der Waals surface area contributed by atoms with Gasteiger partial charge < -0.3 is 10.5 Å². The van der Waals surface area contributed by atoms with E-state index in [1.807, 2.05) is 10.8 Å². The van der Waals surface area contributed by atoms with Crippen molar-refractivity contribution in [3.05, 3.63) is 36.4 Å². The van der Waals surface area contributed by atoms with Gasteiger partial charge in [-0.25, -0.2) is 13.1 Å². The second kappa shape index (κ2) is 7.11. The van der Waals surface area contributed by atoms with E-state index in [2.05, 4.69) is 0 Å². The predicted molar refractivity (Wildman–Crippen MR) is 94.6 cm³/mol. The van der Waals surface area contributed by atoms with Crippen LogP contribution in [0.5, 0.6) is 5.75 Å². The minimum atomic E-state index is -4.13. The van der Waals surface area contributed by atoms with Crippen LogP contribution in [-0.2, 0) is 19.6 Å². The molecule has 3 N–H and O–H groups in total. The lowest BCUT2D eigenvalue weighted by Crippen LogP contribution is -2.44. The molecule has 1 aromatic carbocycles. The largest absolute Gasteiger partial charge is 0.494 e. The van der Waals surface area contributed by atoms with Crippen molar-refractivity contribution >= 4 is 21.8 Å². The first-order valence-corrected chi connectivity index (χ1v) is 10.1. The van der Waals surface area contributed by atoms with Crippen LogP contribution in [0.25, 0.3) is 0 Å². The molecule has 0 saturated heterocycles. The van der Waals surface area contributed by atoms with Gasteiger partial charge in [-0.1, -0.05) is 18.2 Å². The number of fused-ring (bicyclic) bond motifs is 3. The second-order valence-corrected chi connectivity index (χ2v) is 8.36. The number of amides is 2. The smallest absolute Gasteiger partial charge is 0.264 e. The molecule has 1 fully saturated rings. The highest BCUT2D eigenvalue weighted by molar-refractivity contribution is 7.90. The molecule has 0 spiro atoms. The number of primary amides is 1. The fraction of sp³-hybridized carbons (Fsp3) is 0.444. The highest BCUT2D eigenvalue weighted by atomic mass is 32.2. The number of benzene rings is 1. The molecule has 140 valence electrons. The highest BCUT2D eigenvalue weighted by Crippen LogP contribution is 2.53. The summed E-state index contributed by atoms with van der Waals surface area (Å²) >= 11 is 0. The zero-order valence-electron chi connectivity index (χ0n) is 14.3. The lowest BCUT2D eigenvalue weighted by molar-refractivity contribution is -0.134. The van der Waals surface area contributed by atoms with Crippen LogP contribution < -0.4 is 15.2 Å². The van der Waals surface area contributed by atoms with Gasteiger partial charge in [-0.15, -0.1) is 0 Å². The Hall–Kier alpha value is -2.35. The Morgan fingerprint density at radius 3 is 2.85 bits per heavy atom. The molecule has 7 nitrogen and oxygen atoms in total. The highest BCUT2D eigenvalue weighted by Gasteiger charge is 2.64. The first-order chi connectivity index (χ1) is 12.4. The topological polar surface area (TPSA) is 116 Å². The molecule has 1 aromatic rings. The van der Waals surface area contributed by atoms with Gasteiger partial charge in [0.15, 0.2) is 0 Å². The van der Waals surface area contributed by atoms with E-state index in [4.69, 9.17) is 10.5 Å². The monoisotopic (exact) mass is 378 g/mol. The van der Waals surface area contributed by atoms with Gasteiger partial charge in [0.05, 0.1) is 11.5 Å². The summed E-state index contributed by atoms with van der Waals surface area (Å²) in [6, 6.07) is 5.94. The Bertz CT molecular complexity index is 849. The Labute approximate surface area is 152 Å². The lowest BCUT2D eigenvalue weighted by atomic mass is 10.0. The van der Waals surface area contributed by atoms with E-state index < -0.39 is 27.3 Å². The number of nitrogens with two attached hydrogens (primary N) is 1. The summed E-state index contributed by atoms with van der Waals surface area (Å²) in [6.07, 6.45) is 7.55. The molecule has 0 radical (unpaired) electrons. The van der Waals surface area contributed by atoms with Gasteiger partial charge in [-0.2, -0.15) is 0 Å². The maximum Gasteiger partial charge on any atom is 0.264 e. The Morgan fingerprint density at radius 1 is 1.27 bits per heavy atom. The number of sulfonamides is 1. The first-order valence-electron chi connectivity index (χ1n) is 8.63. The molecule has 0 aromatic heterocycles. The van der Waals surface area contributed by atoms with Crippen molar-refractivity contribution in [1.29, 1.82) is 0 Å². The molecule has 2 bridgehead atoms. The van der Waals surface area contributed by atoms with Crippen LogP contribution in [0, 0.1) is 11.3 Å². The Morgan fingerprint density at radius 2 is 2.08 bits per heavy atom. The van der Waals surface area contributed by atoms with Crippen molar-refractivity contribution in [1.82, 2.24) is 4.72 Å². The minimum absolute atomic E-state index is 0.0946. The van der Waals surface area contributed by atoms with E-state index in [9.17, 15) is 18.0 Å². The molecule has 26 heavy (non-hydrogen) atoms. The van der Waals surface area contributed by atoms with Crippen molar-refractivity contribution in [2.24, 2.45) is 17.1 Å². The van der Waals surface area contributed by atoms with Gasteiger partial charge in [0.25, 0.3) is 10.0 Å². The van der Waals surface area contributed by atoms with Gasteiger partial charge >= 0.3 is 0 Å². The number of allylic oxidation sites excluding steroid dienone is 2. The molecular formula is C18H22N2O5S. The van der Waals surface area contributed by atoms with E-state index in [0.717, 1.165) is 25.7 Å². The number of nitrogens with one attached hydrogen (secondary N) is 1. The van der Waals surface area contributed by atoms with Crippen LogP contribution in [-0.4, -0.2) is 26.8 Å². The van der Waals surface area contributed by atoms with E-state index in [1.165, 1.54) is 12.1 Å². The normalized spacial score (nSPS) is 29.5. The molecule has 2 amide bonds. The van der Waals surface area contributed by atoms with Gasteiger partial charge in [0.2, 0.25) is 11.8 Å². The van der Waals surface area contributed by atoms with E-state index in [-0.39, 0.29) is 17.2 Å². The summed E-state index contributed by atoms with van der Waals surface area (Å²) in [6.45, 7) is 0.493. The van der Waals surface area contributed by atoms with E-state index in [0.29, 0.717) is 12.4 Å². The van der Waals surface area contributed by atoms with Crippen molar-refractivity contribution in [3.63, 3.8) is 0 Å². The predicted octanol–water partition coefficient (Wildman–Crippen LogP) is 1.49. The van der Waals surface area contributed by atoms with Crippen molar-refractivity contribution in [2.45, 2.75) is 37.0 Å². The number of carbonyl (C=O) groups excluding carboxylic acids is 2. The molecule has 1 aliphatic carbocycles. The molecule has 2 atom stereocenters. The van der Waals surface area contributed by atoms with Gasteiger partial charge in [0.1, 0.15) is 11.2 Å². The SMILES string of the molecule is NC(=O)[C@@]12C[C@H]1/C=C\CCCCCOc1cccc(c1)S(=O)(=O)NC2=O. The maximum absolute atomic E-state index is 12.6. The average Bonchev–Trinajstić information content (AvgIpc) is 3.32. The molecule has 1 heterocycles. The van der Waals surface area contributed by atoms with Gasteiger partial charge in [-0.05, 0) is 44.2 Å². The first kappa shape index (κ1) is 18.4. The fourth-order valence-corrected chi connectivity index (χ4v) is 4.24. The molecular weight excluding hydrogens is 356 g/mol. The third-order valence-corrected chi connectivity index (χ3v) is 6.18. The van der Waals surface area contributed by atoms with Crippen molar-refractivity contribution in [3.8, 4) is 5.75 Å². The fourth-order valence-electron chi connectivity index (χ4n) is 3.17. The summed E-state index contributed by atoms with van der Waals surface area (Å²) in [5.41, 5.74) is 3.93. The van der Waals surface area contributed by atoms with Crippen LogP contribution in [0.4, 0.5) is 0 Å². The van der Waals surface area contributed by atoms with Gasteiger partial charge in [0, 0.05) is 12.0 Å². The van der Waals surface area contributed by atoms with Crippen LogP contribution in [0.1, 0.15) is 32.1 Å². The summed E-state index contributed by atoms with van der Waals surface area (Å²) in [4.78, 5) is 24.3. The molecule has 0 unspecified atom stereocenters. The number of hydrogen-bond acceptors (Lipinski definition) is 5. The summed E-state index contributed by atoms with van der Waals surface area (Å²) in [5.74, 6) is -1.63. The van der Waals surface area contributed by atoms with Crippen LogP contribution in [0.3, 0.4) is 0 Å². The third kappa shape index (κ3) is 3.60. The van der Waals surface area contributed by atoms with E-state index in [1.54, 1.807) is 18.2 Å². The third-order valence-electron chi connectivity index (χ3n) is 4.85. The summed E-state index contributed by atoms with van der Waals surface area (Å²) in [7, 11) is -4.13. The lowest BCUT2D eigenvalue weighted by Gasteiger charge is -2.14. The zero-order chi connectivity index (χ0) is 18.8. The standard InChI is InChI=1S/C18H22N2O5S/c19-16(21)18-12-13(18)7-4-2-1-3-5-10-25-14-8-6-9-15(11-14)26(23,24)20-17(18)22/h4,6-9,11,13H,1-3,5,10,12H2,(H2,19,21)(H,20,22)/b7-4-/t13-,18-/m1/s1. The molecule has 2 aliphatic rings. The maximum atomic E-state index is 12.6. The number of carbonyl (C=O) groups is 2. The molecule has 1 saturated carbocycles. The second-order valence-electron chi connectivity index (χ2n) is 6.68. The van der Waals surface area contributed by atoms with Crippen LogP contribution >= 0.6 is 0 Å². The Kier molecular flexibility index (Phi) is 5.04. The quantitative estimate of drug-likeness (QED) is 0.567. The number of ether oxygens (including phenoxy) is 1. The van der Waals surface area contributed by atoms with E-state index >= 15 is 0 Å². The van der Waals surface area contributed by atoms with Crippen molar-refractivity contribution < 1.29 is 22.7 Å². The Balaban J connectivity index is 1.91. The molecule has 1 aliphatic heterocycles. The van der Waals surface area contributed by atoms with Crippen molar-refractivity contribution in [2.75, 3.05) is 6.61 Å². The van der Waals surface area contributed by atoms with Gasteiger partial charge in [-0.3, -0.25) is 9.59 Å². The average molecular weight is 378 g/mol.